The lowest BCUT2D eigenvalue weighted by molar-refractivity contribution is -0.121. The van der Waals surface area contributed by atoms with Gasteiger partial charge < -0.3 is 9.88 Å². The molecule has 110 valence electrons. The highest BCUT2D eigenvalue weighted by molar-refractivity contribution is 5.75. The number of aromatic nitrogens is 1. The molecule has 0 aliphatic rings. The SMILES string of the molecule is Cc1ccn(CC(=O)NCc2ccc(C)c(F)c2)c(=O)c1. The summed E-state index contributed by atoms with van der Waals surface area (Å²) in [6, 6.07) is 8.07. The fraction of sp³-hybridized carbons (Fsp3) is 0.250. The van der Waals surface area contributed by atoms with Crippen LogP contribution in [0.4, 0.5) is 4.39 Å². The Hall–Kier alpha value is -2.43. The summed E-state index contributed by atoms with van der Waals surface area (Å²) in [5.41, 5.74) is 1.89. The maximum atomic E-state index is 13.4. The predicted octanol–water partition coefficient (Wildman–Crippen LogP) is 1.92. The lowest BCUT2D eigenvalue weighted by atomic mass is 10.1. The molecule has 0 unspecified atom stereocenters. The van der Waals surface area contributed by atoms with Crippen LogP contribution in [0, 0.1) is 19.7 Å². The molecule has 0 aliphatic heterocycles. The van der Waals surface area contributed by atoms with E-state index in [2.05, 4.69) is 5.32 Å². The lowest BCUT2D eigenvalue weighted by Crippen LogP contribution is -2.31. The molecule has 1 aromatic heterocycles. The molecule has 4 nitrogen and oxygen atoms in total. The van der Waals surface area contributed by atoms with Gasteiger partial charge in [-0.2, -0.15) is 0 Å². The number of nitrogens with one attached hydrogen (secondary N) is 1. The normalized spacial score (nSPS) is 10.4. The van der Waals surface area contributed by atoms with E-state index in [4.69, 9.17) is 0 Å². The van der Waals surface area contributed by atoms with Crippen LogP contribution >= 0.6 is 0 Å². The molecule has 2 aromatic rings. The number of aryl methyl sites for hydroxylation is 2. The van der Waals surface area contributed by atoms with Gasteiger partial charge in [-0.25, -0.2) is 4.39 Å². The Kier molecular flexibility index (Phi) is 4.52. The maximum absolute atomic E-state index is 13.4. The van der Waals surface area contributed by atoms with Crippen LogP contribution in [-0.2, 0) is 17.9 Å². The van der Waals surface area contributed by atoms with Crippen molar-refractivity contribution in [2.24, 2.45) is 0 Å². The summed E-state index contributed by atoms with van der Waals surface area (Å²) in [7, 11) is 0. The first-order chi connectivity index (χ1) is 9.95. The van der Waals surface area contributed by atoms with Crippen LogP contribution in [0.15, 0.2) is 41.3 Å². The minimum Gasteiger partial charge on any atom is -0.350 e. The first-order valence-electron chi connectivity index (χ1n) is 6.64. The van der Waals surface area contributed by atoms with E-state index in [0.29, 0.717) is 11.1 Å². The number of carbonyl (C=O) groups excluding carboxylic acids is 1. The molecule has 0 radical (unpaired) electrons. The zero-order valence-corrected chi connectivity index (χ0v) is 12.0. The maximum Gasteiger partial charge on any atom is 0.251 e. The van der Waals surface area contributed by atoms with Gasteiger partial charge in [-0.15, -0.1) is 0 Å². The molecule has 0 saturated carbocycles. The number of hydrogen-bond acceptors (Lipinski definition) is 2. The fourth-order valence-corrected chi connectivity index (χ4v) is 1.89. The van der Waals surface area contributed by atoms with Crippen molar-refractivity contribution in [1.29, 1.82) is 0 Å². The van der Waals surface area contributed by atoms with Crippen molar-refractivity contribution in [2.75, 3.05) is 0 Å². The van der Waals surface area contributed by atoms with Gasteiger partial charge in [0.15, 0.2) is 0 Å². The van der Waals surface area contributed by atoms with Crippen LogP contribution in [0.3, 0.4) is 0 Å². The molecule has 1 heterocycles. The van der Waals surface area contributed by atoms with Gasteiger partial charge in [0.2, 0.25) is 5.91 Å². The van der Waals surface area contributed by atoms with Gasteiger partial charge in [-0.3, -0.25) is 9.59 Å². The predicted molar refractivity (Wildman–Crippen MR) is 78.4 cm³/mol. The molecule has 1 amide bonds. The molecule has 0 bridgehead atoms. The standard InChI is InChI=1S/C16H17FN2O2/c1-11-5-6-19(16(21)7-11)10-15(20)18-9-13-4-3-12(2)14(17)8-13/h3-8H,9-10H2,1-2H3,(H,18,20). The third-order valence-corrected chi connectivity index (χ3v) is 3.19. The number of amides is 1. The molecule has 0 fully saturated rings. The topological polar surface area (TPSA) is 51.1 Å². The molecule has 2 rings (SSSR count). The molecule has 0 saturated heterocycles. The van der Waals surface area contributed by atoms with E-state index < -0.39 is 0 Å². The summed E-state index contributed by atoms with van der Waals surface area (Å²) in [5.74, 6) is -0.585. The summed E-state index contributed by atoms with van der Waals surface area (Å²) in [6.45, 7) is 3.68. The third-order valence-electron chi connectivity index (χ3n) is 3.19. The zero-order valence-electron chi connectivity index (χ0n) is 12.0. The lowest BCUT2D eigenvalue weighted by Gasteiger charge is -2.08. The number of hydrogen-bond donors (Lipinski definition) is 1. The van der Waals surface area contributed by atoms with E-state index in [1.54, 1.807) is 31.3 Å². The average Bonchev–Trinajstić information content (AvgIpc) is 2.43. The second kappa shape index (κ2) is 6.35. The second-order valence-corrected chi connectivity index (χ2v) is 5.03. The van der Waals surface area contributed by atoms with Gasteiger partial charge in [-0.1, -0.05) is 12.1 Å². The highest BCUT2D eigenvalue weighted by atomic mass is 19.1. The summed E-state index contributed by atoms with van der Waals surface area (Å²) in [4.78, 5) is 23.5. The second-order valence-electron chi connectivity index (χ2n) is 5.03. The van der Waals surface area contributed by atoms with E-state index in [9.17, 15) is 14.0 Å². The first kappa shape index (κ1) is 15.0. The molecular weight excluding hydrogens is 271 g/mol. The first-order valence-corrected chi connectivity index (χ1v) is 6.64. The van der Waals surface area contributed by atoms with E-state index in [-0.39, 0.29) is 30.4 Å². The summed E-state index contributed by atoms with van der Waals surface area (Å²) in [5, 5.41) is 2.67. The van der Waals surface area contributed by atoms with Crippen LogP contribution in [-0.4, -0.2) is 10.5 Å². The average molecular weight is 288 g/mol. The van der Waals surface area contributed by atoms with Crippen LogP contribution in [0.5, 0.6) is 0 Å². The van der Waals surface area contributed by atoms with Gasteiger partial charge in [0.05, 0.1) is 0 Å². The van der Waals surface area contributed by atoms with Gasteiger partial charge in [0.1, 0.15) is 12.4 Å². The number of pyridine rings is 1. The largest absolute Gasteiger partial charge is 0.350 e. The molecule has 0 atom stereocenters. The van der Waals surface area contributed by atoms with Crippen LogP contribution in [0.25, 0.3) is 0 Å². The number of nitrogens with zero attached hydrogens (tertiary/aromatic N) is 1. The Bertz CT molecular complexity index is 722. The highest BCUT2D eigenvalue weighted by Gasteiger charge is 2.05. The third kappa shape index (κ3) is 4.02. The molecular formula is C16H17FN2O2. The van der Waals surface area contributed by atoms with Crippen molar-refractivity contribution in [3.05, 3.63) is 69.4 Å². The van der Waals surface area contributed by atoms with Gasteiger partial charge in [-0.05, 0) is 42.7 Å². The van der Waals surface area contributed by atoms with Crippen LogP contribution < -0.4 is 10.9 Å². The van der Waals surface area contributed by atoms with E-state index >= 15 is 0 Å². The highest BCUT2D eigenvalue weighted by Crippen LogP contribution is 2.08. The quantitative estimate of drug-likeness (QED) is 0.934. The van der Waals surface area contributed by atoms with E-state index in [0.717, 1.165) is 5.56 Å². The Balaban J connectivity index is 1.95. The van der Waals surface area contributed by atoms with Crippen molar-refractivity contribution in [3.63, 3.8) is 0 Å². The van der Waals surface area contributed by atoms with Crippen molar-refractivity contribution >= 4 is 5.91 Å². The minimum atomic E-state index is -0.295. The van der Waals surface area contributed by atoms with Crippen molar-refractivity contribution in [3.8, 4) is 0 Å². The number of rotatable bonds is 4. The molecule has 5 heteroatoms. The van der Waals surface area contributed by atoms with E-state index in [1.165, 1.54) is 16.7 Å². The Morgan fingerprint density at radius 2 is 2.00 bits per heavy atom. The fourth-order valence-electron chi connectivity index (χ4n) is 1.89. The number of benzene rings is 1. The van der Waals surface area contributed by atoms with Crippen molar-refractivity contribution in [2.45, 2.75) is 26.9 Å². The zero-order chi connectivity index (χ0) is 15.4. The Morgan fingerprint density at radius 1 is 1.24 bits per heavy atom. The number of carbonyl (C=O) groups is 1. The van der Waals surface area contributed by atoms with Crippen molar-refractivity contribution in [1.82, 2.24) is 9.88 Å². The molecule has 0 aliphatic carbocycles. The monoisotopic (exact) mass is 288 g/mol. The summed E-state index contributed by atoms with van der Waals surface area (Å²) >= 11 is 0. The summed E-state index contributed by atoms with van der Waals surface area (Å²) < 4.78 is 14.7. The van der Waals surface area contributed by atoms with Gasteiger partial charge in [0, 0.05) is 18.8 Å². The minimum absolute atomic E-state index is 0.0482. The molecule has 1 N–H and O–H groups in total. The van der Waals surface area contributed by atoms with Crippen LogP contribution in [0.2, 0.25) is 0 Å². The smallest absolute Gasteiger partial charge is 0.251 e. The molecule has 1 aromatic carbocycles. The van der Waals surface area contributed by atoms with Crippen LogP contribution in [0.1, 0.15) is 16.7 Å². The number of halogens is 1. The Morgan fingerprint density at radius 3 is 2.67 bits per heavy atom. The van der Waals surface area contributed by atoms with E-state index in [1.807, 2.05) is 6.92 Å². The molecule has 21 heavy (non-hydrogen) atoms. The van der Waals surface area contributed by atoms with Crippen molar-refractivity contribution < 1.29 is 9.18 Å². The Labute approximate surface area is 122 Å². The summed E-state index contributed by atoms with van der Waals surface area (Å²) in [6.07, 6.45) is 1.59. The van der Waals surface area contributed by atoms with Gasteiger partial charge in [0.25, 0.3) is 5.56 Å². The van der Waals surface area contributed by atoms with Gasteiger partial charge >= 0.3 is 0 Å². The molecule has 0 spiro atoms.